The molecule has 5 nitrogen and oxygen atoms in total. The third-order valence-corrected chi connectivity index (χ3v) is 3.50. The number of fused-ring (bicyclic) bond motifs is 1. The van der Waals surface area contributed by atoms with Gasteiger partial charge in [0.05, 0.1) is 5.52 Å². The Hall–Kier alpha value is -3.21. The van der Waals surface area contributed by atoms with E-state index in [0.717, 1.165) is 10.9 Å². The van der Waals surface area contributed by atoms with Crippen LogP contribution in [0.25, 0.3) is 10.9 Å². The van der Waals surface area contributed by atoms with Gasteiger partial charge in [-0.15, -0.1) is 0 Å². The smallest absolute Gasteiger partial charge is 0.262 e. The minimum atomic E-state index is -0.290. The zero-order chi connectivity index (χ0) is 16.9. The molecule has 0 aliphatic carbocycles. The highest BCUT2D eigenvalue weighted by Gasteiger charge is 2.06. The number of rotatable bonds is 5. The Bertz CT molecular complexity index is 906. The molecule has 0 saturated carbocycles. The Balaban J connectivity index is 1.62. The van der Waals surface area contributed by atoms with E-state index in [4.69, 9.17) is 4.74 Å². The normalized spacial score (nSPS) is 10.4. The summed E-state index contributed by atoms with van der Waals surface area (Å²) in [5.41, 5.74) is 1.99. The first-order valence-corrected chi connectivity index (χ1v) is 7.50. The van der Waals surface area contributed by atoms with Gasteiger partial charge in [-0.3, -0.25) is 14.6 Å². The number of pyridine rings is 1. The van der Waals surface area contributed by atoms with Crippen molar-refractivity contribution in [2.24, 2.45) is 0 Å². The van der Waals surface area contributed by atoms with Crippen LogP contribution in [0.5, 0.6) is 5.75 Å². The van der Waals surface area contributed by atoms with Crippen LogP contribution in [-0.4, -0.2) is 23.3 Å². The molecule has 1 heterocycles. The molecule has 1 N–H and O–H groups in total. The van der Waals surface area contributed by atoms with Crippen LogP contribution in [0.1, 0.15) is 17.3 Å². The van der Waals surface area contributed by atoms with Crippen molar-refractivity contribution in [1.82, 2.24) is 4.98 Å². The minimum absolute atomic E-state index is 0.0490. The summed E-state index contributed by atoms with van der Waals surface area (Å²) in [6, 6.07) is 16.0. The van der Waals surface area contributed by atoms with Crippen LogP contribution in [0.15, 0.2) is 60.8 Å². The van der Waals surface area contributed by atoms with Gasteiger partial charge in [-0.25, -0.2) is 0 Å². The molecule has 0 aliphatic heterocycles. The Morgan fingerprint density at radius 1 is 1.08 bits per heavy atom. The molecule has 0 unspecified atom stereocenters. The fourth-order valence-electron chi connectivity index (χ4n) is 2.31. The summed E-state index contributed by atoms with van der Waals surface area (Å²) >= 11 is 0. The number of ketones is 1. The lowest BCUT2D eigenvalue weighted by molar-refractivity contribution is -0.118. The first-order chi connectivity index (χ1) is 11.6. The number of anilines is 1. The quantitative estimate of drug-likeness (QED) is 0.731. The molecule has 0 atom stereocenters. The van der Waals surface area contributed by atoms with Gasteiger partial charge in [0.1, 0.15) is 5.75 Å². The molecule has 1 amide bonds. The van der Waals surface area contributed by atoms with Crippen molar-refractivity contribution in [1.29, 1.82) is 0 Å². The Labute approximate surface area is 139 Å². The minimum Gasteiger partial charge on any atom is -0.484 e. The third-order valence-electron chi connectivity index (χ3n) is 3.50. The highest BCUT2D eigenvalue weighted by atomic mass is 16.5. The van der Waals surface area contributed by atoms with E-state index in [1.165, 1.54) is 6.92 Å². The summed E-state index contributed by atoms with van der Waals surface area (Å²) in [4.78, 5) is 27.6. The number of amides is 1. The molecule has 0 aliphatic rings. The lowest BCUT2D eigenvalue weighted by Crippen LogP contribution is -2.20. The highest BCUT2D eigenvalue weighted by Crippen LogP contribution is 2.19. The van der Waals surface area contributed by atoms with E-state index in [1.54, 1.807) is 36.5 Å². The van der Waals surface area contributed by atoms with Crippen molar-refractivity contribution in [3.63, 3.8) is 0 Å². The Kier molecular flexibility index (Phi) is 4.52. The number of nitrogens with one attached hydrogen (secondary N) is 1. The second-order valence-corrected chi connectivity index (χ2v) is 5.33. The van der Waals surface area contributed by atoms with E-state index in [-0.39, 0.29) is 18.3 Å². The topological polar surface area (TPSA) is 68.3 Å². The summed E-state index contributed by atoms with van der Waals surface area (Å²) in [6.45, 7) is 1.37. The van der Waals surface area contributed by atoms with Crippen molar-refractivity contribution in [2.75, 3.05) is 11.9 Å². The standard InChI is InChI=1S/C19H16N2O3/c1-13(22)14-4-2-6-16(10-14)21-19(23)12-24-17-7-8-18-15(11-17)5-3-9-20-18/h2-11H,12H2,1H3,(H,21,23). The molecule has 0 radical (unpaired) electrons. The molecule has 3 rings (SSSR count). The number of carbonyl (C=O) groups is 2. The fourth-order valence-corrected chi connectivity index (χ4v) is 2.31. The number of ether oxygens (including phenoxy) is 1. The van der Waals surface area contributed by atoms with Crippen LogP contribution in [-0.2, 0) is 4.79 Å². The second kappa shape index (κ2) is 6.91. The monoisotopic (exact) mass is 320 g/mol. The van der Waals surface area contributed by atoms with Gasteiger partial charge >= 0.3 is 0 Å². The fraction of sp³-hybridized carbons (Fsp3) is 0.105. The van der Waals surface area contributed by atoms with Crippen molar-refractivity contribution in [3.05, 3.63) is 66.4 Å². The molecule has 0 bridgehead atoms. The average Bonchev–Trinajstić information content (AvgIpc) is 2.60. The van der Waals surface area contributed by atoms with Crippen LogP contribution < -0.4 is 10.1 Å². The molecule has 0 spiro atoms. The van der Waals surface area contributed by atoms with Crippen molar-refractivity contribution < 1.29 is 14.3 Å². The second-order valence-electron chi connectivity index (χ2n) is 5.33. The Morgan fingerprint density at radius 3 is 2.79 bits per heavy atom. The molecule has 5 heteroatoms. The zero-order valence-electron chi connectivity index (χ0n) is 13.2. The Morgan fingerprint density at radius 2 is 1.96 bits per heavy atom. The third kappa shape index (κ3) is 3.76. The number of aromatic nitrogens is 1. The highest BCUT2D eigenvalue weighted by molar-refractivity contribution is 5.97. The number of benzene rings is 2. The molecule has 1 aromatic heterocycles. The van der Waals surface area contributed by atoms with Crippen LogP contribution >= 0.6 is 0 Å². The van der Waals surface area contributed by atoms with Gasteiger partial charge in [0.25, 0.3) is 5.91 Å². The SMILES string of the molecule is CC(=O)c1cccc(NC(=O)COc2ccc3ncccc3c2)c1. The van der Waals surface area contributed by atoms with E-state index < -0.39 is 0 Å². The van der Waals surface area contributed by atoms with Gasteiger partial charge in [-0.2, -0.15) is 0 Å². The van der Waals surface area contributed by atoms with Gasteiger partial charge < -0.3 is 10.1 Å². The van der Waals surface area contributed by atoms with E-state index >= 15 is 0 Å². The molecule has 120 valence electrons. The predicted octanol–water partition coefficient (Wildman–Crippen LogP) is 3.45. The van der Waals surface area contributed by atoms with E-state index in [2.05, 4.69) is 10.3 Å². The molecule has 0 saturated heterocycles. The molecular formula is C19H16N2O3. The number of nitrogens with zero attached hydrogens (tertiary/aromatic N) is 1. The summed E-state index contributed by atoms with van der Waals surface area (Å²) in [5.74, 6) is 0.261. The summed E-state index contributed by atoms with van der Waals surface area (Å²) < 4.78 is 5.52. The maximum Gasteiger partial charge on any atom is 0.262 e. The van der Waals surface area contributed by atoms with Crippen LogP contribution in [0.4, 0.5) is 5.69 Å². The van der Waals surface area contributed by atoms with Crippen LogP contribution in [0, 0.1) is 0 Å². The van der Waals surface area contributed by atoms with Gasteiger partial charge in [0.2, 0.25) is 0 Å². The zero-order valence-corrected chi connectivity index (χ0v) is 13.2. The summed E-state index contributed by atoms with van der Waals surface area (Å²) in [5, 5.41) is 3.66. The lowest BCUT2D eigenvalue weighted by atomic mass is 10.1. The molecule has 3 aromatic rings. The molecular weight excluding hydrogens is 304 g/mol. The van der Waals surface area contributed by atoms with E-state index in [9.17, 15) is 9.59 Å². The first kappa shape index (κ1) is 15.7. The molecule has 24 heavy (non-hydrogen) atoms. The van der Waals surface area contributed by atoms with E-state index in [0.29, 0.717) is 17.0 Å². The van der Waals surface area contributed by atoms with Crippen LogP contribution in [0.2, 0.25) is 0 Å². The summed E-state index contributed by atoms with van der Waals surface area (Å²) in [7, 11) is 0. The summed E-state index contributed by atoms with van der Waals surface area (Å²) in [6.07, 6.45) is 1.73. The van der Waals surface area contributed by atoms with Crippen molar-refractivity contribution in [2.45, 2.75) is 6.92 Å². The van der Waals surface area contributed by atoms with Gasteiger partial charge in [0, 0.05) is 22.8 Å². The number of carbonyl (C=O) groups excluding carboxylic acids is 2. The van der Waals surface area contributed by atoms with Crippen molar-refractivity contribution in [3.8, 4) is 5.75 Å². The number of hydrogen-bond acceptors (Lipinski definition) is 4. The van der Waals surface area contributed by atoms with E-state index in [1.807, 2.05) is 24.3 Å². The van der Waals surface area contributed by atoms with Crippen molar-refractivity contribution >= 4 is 28.3 Å². The molecule has 2 aromatic carbocycles. The van der Waals surface area contributed by atoms with Crippen LogP contribution in [0.3, 0.4) is 0 Å². The maximum absolute atomic E-state index is 12.0. The van der Waals surface area contributed by atoms with Gasteiger partial charge in [-0.1, -0.05) is 18.2 Å². The predicted molar refractivity (Wildman–Crippen MR) is 92.3 cm³/mol. The number of Topliss-reactive ketones (excluding diaryl/α,β-unsaturated/α-hetero) is 1. The maximum atomic E-state index is 12.0. The average molecular weight is 320 g/mol. The largest absolute Gasteiger partial charge is 0.484 e. The van der Waals surface area contributed by atoms with Gasteiger partial charge in [0.15, 0.2) is 12.4 Å². The molecule has 0 fully saturated rings. The first-order valence-electron chi connectivity index (χ1n) is 7.50. The van der Waals surface area contributed by atoms with Gasteiger partial charge in [-0.05, 0) is 43.3 Å². The lowest BCUT2D eigenvalue weighted by Gasteiger charge is -2.09. The number of hydrogen-bond donors (Lipinski definition) is 1.